The summed E-state index contributed by atoms with van der Waals surface area (Å²) in [5.41, 5.74) is 1.50. The third-order valence-corrected chi connectivity index (χ3v) is 4.51. The van der Waals surface area contributed by atoms with Crippen LogP contribution in [-0.4, -0.2) is 50.3 Å². The fraction of sp³-hybridized carbons (Fsp3) is 0.381. The lowest BCUT2D eigenvalue weighted by Crippen LogP contribution is -2.17. The lowest BCUT2D eigenvalue weighted by Gasteiger charge is -2.17. The van der Waals surface area contributed by atoms with Gasteiger partial charge < -0.3 is 19.5 Å². The van der Waals surface area contributed by atoms with E-state index in [1.165, 1.54) is 0 Å². The van der Waals surface area contributed by atoms with Crippen LogP contribution in [0.15, 0.2) is 42.5 Å². The van der Waals surface area contributed by atoms with E-state index < -0.39 is 11.9 Å². The summed E-state index contributed by atoms with van der Waals surface area (Å²) < 4.78 is 11.0. The fourth-order valence-electron chi connectivity index (χ4n) is 2.82. The van der Waals surface area contributed by atoms with Gasteiger partial charge in [0.25, 0.3) is 0 Å². The lowest BCUT2D eigenvalue weighted by molar-refractivity contribution is -0.138. The minimum absolute atomic E-state index is 0.297. The summed E-state index contributed by atoms with van der Waals surface area (Å²) in [6, 6.07) is 12.4. The molecule has 6 heteroatoms. The molecule has 2 aromatic rings. The smallest absolute Gasteiger partial charge is 0.311 e. The highest BCUT2D eigenvalue weighted by Gasteiger charge is 2.22. The first-order valence-corrected chi connectivity index (χ1v) is 9.21. The van der Waals surface area contributed by atoms with Crippen LogP contribution >= 0.6 is 11.6 Å². The van der Waals surface area contributed by atoms with Gasteiger partial charge in [-0.3, -0.25) is 4.79 Å². The minimum atomic E-state index is -0.890. The van der Waals surface area contributed by atoms with Crippen molar-refractivity contribution in [2.24, 2.45) is 0 Å². The Bertz CT molecular complexity index is 746. The van der Waals surface area contributed by atoms with Crippen LogP contribution in [0.5, 0.6) is 11.5 Å². The first kappa shape index (κ1) is 21.1. The number of hydrogen-bond donors (Lipinski definition) is 1. The van der Waals surface area contributed by atoms with Crippen LogP contribution in [0.3, 0.4) is 0 Å². The number of methoxy groups -OCH3 is 1. The lowest BCUT2D eigenvalue weighted by atomic mass is 9.91. The second kappa shape index (κ2) is 10.2. The summed E-state index contributed by atoms with van der Waals surface area (Å²) in [4.78, 5) is 14.0. The highest BCUT2D eigenvalue weighted by atomic mass is 35.5. The number of ether oxygens (including phenoxy) is 2. The molecular formula is C21H26ClNO4. The predicted molar refractivity (Wildman–Crippen MR) is 107 cm³/mol. The van der Waals surface area contributed by atoms with E-state index in [1.54, 1.807) is 49.6 Å². The van der Waals surface area contributed by atoms with Crippen LogP contribution in [-0.2, 0) is 11.2 Å². The largest absolute Gasteiger partial charge is 0.497 e. The Morgan fingerprint density at radius 2 is 1.89 bits per heavy atom. The molecule has 0 saturated carbocycles. The molecule has 0 aliphatic rings. The molecule has 0 spiro atoms. The van der Waals surface area contributed by atoms with Crippen molar-refractivity contribution in [1.29, 1.82) is 0 Å². The van der Waals surface area contributed by atoms with Crippen LogP contribution in [0.4, 0.5) is 0 Å². The van der Waals surface area contributed by atoms with E-state index in [2.05, 4.69) is 4.90 Å². The van der Waals surface area contributed by atoms with E-state index in [-0.39, 0.29) is 0 Å². The number of carboxylic acids is 1. The molecule has 0 aliphatic heterocycles. The number of rotatable bonds is 10. The van der Waals surface area contributed by atoms with Gasteiger partial charge in [0.05, 0.1) is 19.6 Å². The summed E-state index contributed by atoms with van der Waals surface area (Å²) in [5.74, 6) is -0.217. The molecule has 0 amide bonds. The standard InChI is InChI=1S/C21H26ClNO4/c1-23(2)11-4-12-27-20-10-7-17(22)13-16(20)14-19(21(24)25)15-5-8-18(26-3)9-6-15/h5-10,13,19H,4,11-12,14H2,1-3H3,(H,24,25). The highest BCUT2D eigenvalue weighted by Crippen LogP contribution is 2.30. The maximum Gasteiger partial charge on any atom is 0.311 e. The molecule has 146 valence electrons. The van der Waals surface area contributed by atoms with Crippen molar-refractivity contribution in [2.45, 2.75) is 18.8 Å². The van der Waals surface area contributed by atoms with Crippen molar-refractivity contribution in [3.8, 4) is 11.5 Å². The molecule has 27 heavy (non-hydrogen) atoms. The van der Waals surface area contributed by atoms with Gasteiger partial charge in [0.1, 0.15) is 11.5 Å². The van der Waals surface area contributed by atoms with Crippen molar-refractivity contribution >= 4 is 17.6 Å². The second-order valence-corrected chi connectivity index (χ2v) is 7.06. The zero-order valence-electron chi connectivity index (χ0n) is 15.9. The molecule has 0 aliphatic carbocycles. The van der Waals surface area contributed by atoms with E-state index in [1.807, 2.05) is 14.1 Å². The zero-order valence-corrected chi connectivity index (χ0v) is 16.7. The summed E-state index contributed by atoms with van der Waals surface area (Å²) in [5, 5.41) is 10.3. The van der Waals surface area contributed by atoms with Gasteiger partial charge in [-0.05, 0) is 68.4 Å². The Balaban J connectivity index is 2.18. The van der Waals surface area contributed by atoms with Gasteiger partial charge in [0.15, 0.2) is 0 Å². The van der Waals surface area contributed by atoms with Crippen LogP contribution in [0.25, 0.3) is 0 Å². The molecule has 0 bridgehead atoms. The Kier molecular flexibility index (Phi) is 7.95. The van der Waals surface area contributed by atoms with Gasteiger partial charge in [-0.1, -0.05) is 23.7 Å². The van der Waals surface area contributed by atoms with E-state index in [9.17, 15) is 9.90 Å². The molecular weight excluding hydrogens is 366 g/mol. The SMILES string of the molecule is COc1ccc(C(Cc2cc(Cl)ccc2OCCCN(C)C)C(=O)O)cc1. The summed E-state index contributed by atoms with van der Waals surface area (Å²) >= 11 is 6.14. The van der Waals surface area contributed by atoms with Gasteiger partial charge in [-0.15, -0.1) is 0 Å². The van der Waals surface area contributed by atoms with Gasteiger partial charge >= 0.3 is 5.97 Å². The molecule has 5 nitrogen and oxygen atoms in total. The Morgan fingerprint density at radius 1 is 1.19 bits per heavy atom. The molecule has 0 saturated heterocycles. The summed E-state index contributed by atoms with van der Waals surface area (Å²) in [6.45, 7) is 1.49. The number of carbonyl (C=O) groups is 1. The van der Waals surface area contributed by atoms with Crippen molar-refractivity contribution in [2.75, 3.05) is 34.4 Å². The third kappa shape index (κ3) is 6.45. The Morgan fingerprint density at radius 3 is 2.48 bits per heavy atom. The van der Waals surface area contributed by atoms with Crippen molar-refractivity contribution in [3.63, 3.8) is 0 Å². The maximum atomic E-state index is 11.9. The molecule has 0 fully saturated rings. The van der Waals surface area contributed by atoms with Crippen LogP contribution < -0.4 is 9.47 Å². The number of nitrogens with zero attached hydrogens (tertiary/aromatic N) is 1. The second-order valence-electron chi connectivity index (χ2n) is 6.63. The predicted octanol–water partition coefficient (Wildman–Crippen LogP) is 4.09. The average Bonchev–Trinajstić information content (AvgIpc) is 2.64. The van der Waals surface area contributed by atoms with Crippen molar-refractivity contribution < 1.29 is 19.4 Å². The van der Waals surface area contributed by atoms with E-state index in [4.69, 9.17) is 21.1 Å². The molecule has 0 heterocycles. The first-order valence-electron chi connectivity index (χ1n) is 8.83. The number of benzene rings is 2. The van der Waals surface area contributed by atoms with Gasteiger partial charge in [0, 0.05) is 11.6 Å². The first-order chi connectivity index (χ1) is 12.9. The van der Waals surface area contributed by atoms with E-state index >= 15 is 0 Å². The molecule has 2 aromatic carbocycles. The Labute approximate surface area is 165 Å². The molecule has 1 N–H and O–H groups in total. The molecule has 1 atom stereocenters. The number of carboxylic acid groups (broad SMARTS) is 1. The quantitative estimate of drug-likeness (QED) is 0.618. The molecule has 0 aromatic heterocycles. The highest BCUT2D eigenvalue weighted by molar-refractivity contribution is 6.30. The van der Waals surface area contributed by atoms with Crippen molar-refractivity contribution in [1.82, 2.24) is 4.90 Å². The minimum Gasteiger partial charge on any atom is -0.497 e. The number of hydrogen-bond acceptors (Lipinski definition) is 4. The van der Waals surface area contributed by atoms with E-state index in [0.717, 1.165) is 18.5 Å². The zero-order chi connectivity index (χ0) is 19.8. The average molecular weight is 392 g/mol. The van der Waals surface area contributed by atoms with E-state index in [0.29, 0.717) is 35.1 Å². The summed E-state index contributed by atoms with van der Waals surface area (Å²) in [6.07, 6.45) is 1.18. The third-order valence-electron chi connectivity index (χ3n) is 4.27. The normalized spacial score (nSPS) is 12.0. The van der Waals surface area contributed by atoms with Gasteiger partial charge in [0.2, 0.25) is 0 Å². The topological polar surface area (TPSA) is 59.0 Å². The fourth-order valence-corrected chi connectivity index (χ4v) is 3.01. The van der Waals surface area contributed by atoms with Crippen LogP contribution in [0.1, 0.15) is 23.5 Å². The number of halogens is 1. The molecule has 1 unspecified atom stereocenters. The number of aliphatic carboxylic acids is 1. The van der Waals surface area contributed by atoms with Crippen LogP contribution in [0.2, 0.25) is 5.02 Å². The monoisotopic (exact) mass is 391 g/mol. The summed E-state index contributed by atoms with van der Waals surface area (Å²) in [7, 11) is 5.61. The van der Waals surface area contributed by atoms with Gasteiger partial charge in [-0.25, -0.2) is 0 Å². The Hall–Kier alpha value is -2.24. The molecule has 2 rings (SSSR count). The maximum absolute atomic E-state index is 11.9. The van der Waals surface area contributed by atoms with Gasteiger partial charge in [-0.2, -0.15) is 0 Å². The van der Waals surface area contributed by atoms with Crippen LogP contribution in [0, 0.1) is 0 Å². The van der Waals surface area contributed by atoms with Crippen molar-refractivity contribution in [3.05, 3.63) is 58.6 Å². The molecule has 0 radical (unpaired) electrons.